The Morgan fingerprint density at radius 3 is 2.67 bits per heavy atom. The highest BCUT2D eigenvalue weighted by molar-refractivity contribution is 5.76. The average molecular weight is 500 g/mol. The van der Waals surface area contributed by atoms with Gasteiger partial charge in [-0.05, 0) is 98.8 Å². The molecule has 0 spiro atoms. The van der Waals surface area contributed by atoms with Crippen molar-refractivity contribution in [3.05, 3.63) is 11.6 Å². The molecular formula is C32H53NO3. The van der Waals surface area contributed by atoms with Gasteiger partial charge in [0.15, 0.2) is 0 Å². The summed E-state index contributed by atoms with van der Waals surface area (Å²) in [5.41, 5.74) is 1.70. The summed E-state index contributed by atoms with van der Waals surface area (Å²) in [5, 5.41) is 14.1. The minimum absolute atomic E-state index is 0.0916. The Balaban J connectivity index is 1.35. The van der Waals surface area contributed by atoms with Crippen molar-refractivity contribution >= 4 is 5.97 Å². The number of hydrogen-bond acceptors (Lipinski definition) is 4. The molecule has 1 heterocycles. The van der Waals surface area contributed by atoms with Crippen LogP contribution in [-0.2, 0) is 9.53 Å². The summed E-state index contributed by atoms with van der Waals surface area (Å²) in [7, 11) is 0. The number of aliphatic hydroxyl groups excluding tert-OH is 1. The van der Waals surface area contributed by atoms with Gasteiger partial charge in [0.25, 0.3) is 0 Å². The summed E-state index contributed by atoms with van der Waals surface area (Å²) in [6, 6.07) is -0.165. The third kappa shape index (κ3) is 4.61. The molecule has 204 valence electrons. The van der Waals surface area contributed by atoms with Crippen molar-refractivity contribution in [2.45, 2.75) is 130 Å². The molecule has 4 nitrogen and oxygen atoms in total. The fraction of sp³-hybridized carbons (Fsp3) is 0.906. The third-order valence-electron chi connectivity index (χ3n) is 12.0. The molecule has 4 fully saturated rings. The van der Waals surface area contributed by atoms with Crippen LogP contribution >= 0.6 is 0 Å². The summed E-state index contributed by atoms with van der Waals surface area (Å²) >= 11 is 0. The molecule has 4 heteroatoms. The van der Waals surface area contributed by atoms with Crippen LogP contribution < -0.4 is 5.32 Å². The number of carbonyl (C=O) groups is 1. The van der Waals surface area contributed by atoms with E-state index in [4.69, 9.17) is 4.74 Å². The van der Waals surface area contributed by atoms with Crippen molar-refractivity contribution in [2.75, 3.05) is 6.54 Å². The van der Waals surface area contributed by atoms with Gasteiger partial charge in [-0.15, -0.1) is 0 Å². The lowest BCUT2D eigenvalue weighted by molar-refractivity contribution is -0.171. The number of nitrogens with one attached hydrogen (secondary N) is 1. The van der Waals surface area contributed by atoms with E-state index < -0.39 is 6.10 Å². The van der Waals surface area contributed by atoms with Gasteiger partial charge in [0.1, 0.15) is 12.1 Å². The number of ether oxygens (including phenoxy) is 1. The summed E-state index contributed by atoms with van der Waals surface area (Å²) < 4.78 is 6.32. The van der Waals surface area contributed by atoms with E-state index in [0.29, 0.717) is 23.7 Å². The number of rotatable bonds is 7. The van der Waals surface area contributed by atoms with E-state index in [1.54, 1.807) is 0 Å². The number of allylic oxidation sites excluding steroid dienone is 1. The molecule has 1 saturated heterocycles. The second kappa shape index (κ2) is 10.4. The molecule has 0 amide bonds. The van der Waals surface area contributed by atoms with Crippen molar-refractivity contribution in [3.8, 4) is 0 Å². The molecular weight excluding hydrogens is 446 g/mol. The average Bonchev–Trinajstić information content (AvgIpc) is 3.47. The van der Waals surface area contributed by atoms with Gasteiger partial charge in [0.05, 0.1) is 6.10 Å². The van der Waals surface area contributed by atoms with E-state index in [-0.39, 0.29) is 23.5 Å². The maximum Gasteiger partial charge on any atom is 0.323 e. The first kappa shape index (κ1) is 26.7. The first-order valence-corrected chi connectivity index (χ1v) is 15.5. The summed E-state index contributed by atoms with van der Waals surface area (Å²) in [6.45, 7) is 13.2. The molecule has 1 aliphatic heterocycles. The van der Waals surface area contributed by atoms with Gasteiger partial charge in [0.2, 0.25) is 0 Å². The van der Waals surface area contributed by atoms with E-state index in [0.717, 1.165) is 55.9 Å². The Morgan fingerprint density at radius 2 is 1.94 bits per heavy atom. The van der Waals surface area contributed by atoms with Crippen LogP contribution in [0.4, 0.5) is 0 Å². The van der Waals surface area contributed by atoms with Crippen LogP contribution in [0.5, 0.6) is 0 Å². The van der Waals surface area contributed by atoms with E-state index in [2.05, 4.69) is 46.0 Å². The monoisotopic (exact) mass is 499 g/mol. The highest BCUT2D eigenvalue weighted by Gasteiger charge is 2.61. The van der Waals surface area contributed by atoms with Gasteiger partial charge in [-0.3, -0.25) is 4.79 Å². The third-order valence-corrected chi connectivity index (χ3v) is 12.0. The molecule has 1 unspecified atom stereocenters. The molecule has 10 atom stereocenters. The Kier molecular flexibility index (Phi) is 7.69. The highest BCUT2D eigenvalue weighted by atomic mass is 16.5. The smallest absolute Gasteiger partial charge is 0.323 e. The summed E-state index contributed by atoms with van der Waals surface area (Å²) in [6.07, 6.45) is 15.7. The predicted octanol–water partition coefficient (Wildman–Crippen LogP) is 6.66. The lowest BCUT2D eigenvalue weighted by atomic mass is 9.46. The van der Waals surface area contributed by atoms with Gasteiger partial charge in [-0.25, -0.2) is 0 Å². The SMILES string of the molecule is CC(C)CCC[C@@H](C)[C@H]1CC[C@H]2[C@@H]3CC=C4C[C@@H](O)CC(OC(=O)[C@@H]5CCCN5)[C@]4(C)[C@H]3CC[C@]12C. The second-order valence-corrected chi connectivity index (χ2v) is 14.3. The first-order valence-electron chi connectivity index (χ1n) is 15.5. The van der Waals surface area contributed by atoms with Crippen LogP contribution in [0.3, 0.4) is 0 Å². The zero-order valence-corrected chi connectivity index (χ0v) is 23.7. The lowest BCUT2D eigenvalue weighted by Crippen LogP contribution is -2.57. The number of hydrogen-bond donors (Lipinski definition) is 2. The van der Waals surface area contributed by atoms with Gasteiger partial charge < -0.3 is 15.2 Å². The fourth-order valence-electron chi connectivity index (χ4n) is 9.98. The minimum atomic E-state index is -0.397. The van der Waals surface area contributed by atoms with E-state index in [1.165, 1.54) is 50.5 Å². The molecule has 0 aromatic carbocycles. The second-order valence-electron chi connectivity index (χ2n) is 14.3. The number of esters is 1. The molecule has 4 aliphatic carbocycles. The van der Waals surface area contributed by atoms with E-state index in [9.17, 15) is 9.90 Å². The quantitative estimate of drug-likeness (QED) is 0.304. The van der Waals surface area contributed by atoms with Crippen LogP contribution in [-0.4, -0.2) is 35.9 Å². The van der Waals surface area contributed by atoms with Gasteiger partial charge in [-0.1, -0.05) is 65.5 Å². The molecule has 0 radical (unpaired) electrons. The van der Waals surface area contributed by atoms with Crippen LogP contribution in [0.15, 0.2) is 11.6 Å². The fourth-order valence-corrected chi connectivity index (χ4v) is 9.98. The van der Waals surface area contributed by atoms with Gasteiger partial charge in [0, 0.05) is 11.8 Å². The normalized spacial score (nSPS) is 45.0. The van der Waals surface area contributed by atoms with Crippen molar-refractivity contribution in [1.29, 1.82) is 0 Å². The first-order chi connectivity index (χ1) is 17.1. The molecule has 0 aromatic rings. The van der Waals surface area contributed by atoms with Crippen molar-refractivity contribution in [2.24, 2.45) is 46.3 Å². The van der Waals surface area contributed by atoms with E-state index in [1.807, 2.05) is 0 Å². The van der Waals surface area contributed by atoms with Crippen LogP contribution in [0.1, 0.15) is 112 Å². The van der Waals surface area contributed by atoms with Crippen molar-refractivity contribution in [3.63, 3.8) is 0 Å². The van der Waals surface area contributed by atoms with Crippen molar-refractivity contribution < 1.29 is 14.6 Å². The minimum Gasteiger partial charge on any atom is -0.460 e. The number of aliphatic hydroxyl groups is 1. The van der Waals surface area contributed by atoms with Gasteiger partial charge >= 0.3 is 5.97 Å². The zero-order valence-electron chi connectivity index (χ0n) is 23.7. The Bertz CT molecular complexity index is 831. The maximum atomic E-state index is 13.1. The lowest BCUT2D eigenvalue weighted by Gasteiger charge is -2.60. The largest absolute Gasteiger partial charge is 0.460 e. The standard InChI is InChI=1S/C32H53NO3/c1-20(2)8-6-9-21(3)25-13-14-26-24-12-11-22-18-23(34)19-29(36-30(35)28-10-7-17-33-28)32(22,5)27(24)15-16-31(25,26)4/h11,20-21,23-29,33-34H,6-10,12-19H2,1-5H3/t21-,23-,24+,25-,26+,27+,28+,29?,31-,32+/m1/s1. The summed E-state index contributed by atoms with van der Waals surface area (Å²) in [4.78, 5) is 13.1. The van der Waals surface area contributed by atoms with E-state index >= 15 is 0 Å². The molecule has 3 saturated carbocycles. The zero-order chi connectivity index (χ0) is 25.7. The topological polar surface area (TPSA) is 58.6 Å². The maximum absolute atomic E-state index is 13.1. The molecule has 36 heavy (non-hydrogen) atoms. The molecule has 5 aliphatic rings. The van der Waals surface area contributed by atoms with Crippen LogP contribution in [0, 0.1) is 46.3 Å². The Labute approximate surface area is 220 Å². The highest BCUT2D eigenvalue weighted by Crippen LogP contribution is 2.67. The molecule has 0 bridgehead atoms. The Morgan fingerprint density at radius 1 is 1.14 bits per heavy atom. The molecule has 0 aromatic heterocycles. The van der Waals surface area contributed by atoms with Crippen LogP contribution in [0.2, 0.25) is 0 Å². The van der Waals surface area contributed by atoms with Crippen molar-refractivity contribution in [1.82, 2.24) is 5.32 Å². The summed E-state index contributed by atoms with van der Waals surface area (Å²) in [5.74, 6) is 4.42. The Hall–Kier alpha value is -0.870. The number of fused-ring (bicyclic) bond motifs is 5. The molecule has 5 rings (SSSR count). The predicted molar refractivity (Wildman–Crippen MR) is 145 cm³/mol. The van der Waals surface area contributed by atoms with Crippen LogP contribution in [0.25, 0.3) is 0 Å². The van der Waals surface area contributed by atoms with Gasteiger partial charge in [-0.2, -0.15) is 0 Å². The number of carbonyl (C=O) groups excluding carboxylic acids is 1. The molecule has 2 N–H and O–H groups in total.